The molecule has 1 heterocycles. The molecule has 1 aliphatic heterocycles. The van der Waals surface area contributed by atoms with Gasteiger partial charge in [0.25, 0.3) is 0 Å². The van der Waals surface area contributed by atoms with E-state index >= 15 is 0 Å². The van der Waals surface area contributed by atoms with Gasteiger partial charge in [0.1, 0.15) is 5.82 Å². The highest BCUT2D eigenvalue weighted by molar-refractivity contribution is 9.10. The van der Waals surface area contributed by atoms with Gasteiger partial charge in [0, 0.05) is 29.3 Å². The van der Waals surface area contributed by atoms with Gasteiger partial charge in [-0.15, -0.1) is 0 Å². The van der Waals surface area contributed by atoms with E-state index in [0.717, 1.165) is 23.0 Å². The second kappa shape index (κ2) is 10.5. The lowest BCUT2D eigenvalue weighted by atomic mass is 10.1. The Morgan fingerprint density at radius 3 is 2.10 bits per heavy atom. The fraction of sp³-hybridized carbons (Fsp3) is 0.263. The number of carboxylic acids is 2. The monoisotopic (exact) mass is 502 g/mol. The molecule has 8 nitrogen and oxygen atoms in total. The predicted molar refractivity (Wildman–Crippen MR) is 111 cm³/mol. The zero-order valence-electron chi connectivity index (χ0n) is 15.7. The van der Waals surface area contributed by atoms with Crippen molar-refractivity contribution in [2.45, 2.75) is 23.8 Å². The first-order valence-corrected chi connectivity index (χ1v) is 11.1. The van der Waals surface area contributed by atoms with Crippen LogP contribution in [0.25, 0.3) is 0 Å². The van der Waals surface area contributed by atoms with E-state index < -0.39 is 27.8 Å². The van der Waals surface area contributed by atoms with Gasteiger partial charge in [-0.25, -0.2) is 22.4 Å². The van der Waals surface area contributed by atoms with Gasteiger partial charge in [-0.1, -0.05) is 22.0 Å². The van der Waals surface area contributed by atoms with Crippen molar-refractivity contribution in [1.29, 1.82) is 0 Å². The average molecular weight is 503 g/mol. The summed E-state index contributed by atoms with van der Waals surface area (Å²) < 4.78 is 40.6. The fourth-order valence-corrected chi connectivity index (χ4v) is 4.68. The lowest BCUT2D eigenvalue weighted by molar-refractivity contribution is -0.159. The molecule has 0 spiro atoms. The highest BCUT2D eigenvalue weighted by Gasteiger charge is 2.29. The van der Waals surface area contributed by atoms with Crippen molar-refractivity contribution in [3.8, 4) is 0 Å². The molecule has 0 saturated carbocycles. The molecule has 0 radical (unpaired) electrons. The van der Waals surface area contributed by atoms with Crippen LogP contribution in [0.3, 0.4) is 0 Å². The first kappa shape index (κ1) is 23.8. The minimum atomic E-state index is -3.55. The van der Waals surface area contributed by atoms with Crippen LogP contribution in [0, 0.1) is 5.82 Å². The molecule has 1 saturated heterocycles. The van der Waals surface area contributed by atoms with Crippen LogP contribution < -0.4 is 5.32 Å². The molecule has 0 amide bonds. The number of halogens is 2. The van der Waals surface area contributed by atoms with Crippen molar-refractivity contribution >= 4 is 43.6 Å². The van der Waals surface area contributed by atoms with Crippen LogP contribution >= 0.6 is 15.9 Å². The summed E-state index contributed by atoms with van der Waals surface area (Å²) in [7, 11) is -3.55. The predicted octanol–water partition coefficient (Wildman–Crippen LogP) is 3.01. The van der Waals surface area contributed by atoms with Crippen LogP contribution in [0.2, 0.25) is 0 Å². The Morgan fingerprint density at radius 2 is 1.60 bits per heavy atom. The molecule has 30 heavy (non-hydrogen) atoms. The Kier molecular flexibility index (Phi) is 8.33. The van der Waals surface area contributed by atoms with Crippen molar-refractivity contribution in [3.05, 3.63) is 58.8 Å². The van der Waals surface area contributed by atoms with E-state index in [1.54, 1.807) is 0 Å². The number of sulfonamides is 1. The van der Waals surface area contributed by atoms with Crippen LogP contribution in [-0.4, -0.2) is 54.0 Å². The molecule has 0 bridgehead atoms. The number of hydrogen-bond donors (Lipinski definition) is 3. The van der Waals surface area contributed by atoms with Crippen LogP contribution in [-0.2, 0) is 19.6 Å². The Balaban J connectivity index is 0.000000469. The smallest absolute Gasteiger partial charge is 0.414 e. The Hall–Kier alpha value is -2.50. The molecule has 162 valence electrons. The summed E-state index contributed by atoms with van der Waals surface area (Å²) in [6, 6.07) is 13.1. The number of nitrogens with zero attached hydrogens (tertiary/aromatic N) is 1. The van der Waals surface area contributed by atoms with Crippen molar-refractivity contribution in [1.82, 2.24) is 4.31 Å². The Morgan fingerprint density at radius 1 is 1.03 bits per heavy atom. The zero-order chi connectivity index (χ0) is 22.3. The first-order chi connectivity index (χ1) is 14.1. The van der Waals surface area contributed by atoms with Gasteiger partial charge in [-0.2, -0.15) is 4.31 Å². The minimum Gasteiger partial charge on any atom is -0.473 e. The fourth-order valence-electron chi connectivity index (χ4n) is 2.81. The SMILES string of the molecule is O=C(O)C(=O)O.O=S(=O)(c1ccc(F)cc1)N1CCC(Nc2cccc(Br)c2)CC1. The van der Waals surface area contributed by atoms with Crippen LogP contribution in [0.5, 0.6) is 0 Å². The third-order valence-corrected chi connectivity index (χ3v) is 6.69. The van der Waals surface area contributed by atoms with E-state index in [9.17, 15) is 12.8 Å². The maximum Gasteiger partial charge on any atom is 0.414 e. The van der Waals surface area contributed by atoms with Crippen molar-refractivity contribution < 1.29 is 32.6 Å². The van der Waals surface area contributed by atoms with Crippen LogP contribution in [0.1, 0.15) is 12.8 Å². The summed E-state index contributed by atoms with van der Waals surface area (Å²) in [6.07, 6.45) is 1.46. The number of nitrogens with one attached hydrogen (secondary N) is 1. The number of piperidine rings is 1. The highest BCUT2D eigenvalue weighted by atomic mass is 79.9. The second-order valence-corrected chi connectivity index (χ2v) is 9.25. The van der Waals surface area contributed by atoms with Gasteiger partial charge in [-0.3, -0.25) is 0 Å². The second-order valence-electron chi connectivity index (χ2n) is 6.40. The molecule has 3 rings (SSSR count). The third kappa shape index (κ3) is 6.78. The molecule has 2 aromatic rings. The van der Waals surface area contributed by atoms with Crippen LogP contribution in [0.15, 0.2) is 57.9 Å². The molecule has 0 aromatic heterocycles. The van der Waals surface area contributed by atoms with Gasteiger partial charge in [0.2, 0.25) is 10.0 Å². The van der Waals surface area contributed by atoms with E-state index in [0.29, 0.717) is 13.1 Å². The number of rotatable bonds is 4. The van der Waals surface area contributed by atoms with Gasteiger partial charge in [0.05, 0.1) is 4.90 Å². The van der Waals surface area contributed by atoms with E-state index in [4.69, 9.17) is 19.8 Å². The van der Waals surface area contributed by atoms with Crippen molar-refractivity contribution in [2.75, 3.05) is 18.4 Å². The molecule has 1 fully saturated rings. The number of carboxylic acid groups (broad SMARTS) is 2. The van der Waals surface area contributed by atoms with E-state index in [1.165, 1.54) is 28.6 Å². The number of anilines is 1. The molecule has 1 aliphatic rings. The summed E-state index contributed by atoms with van der Waals surface area (Å²) in [6.45, 7) is 0.900. The minimum absolute atomic E-state index is 0.141. The van der Waals surface area contributed by atoms with E-state index in [1.807, 2.05) is 24.3 Å². The normalized spacial score (nSPS) is 15.0. The average Bonchev–Trinajstić information content (AvgIpc) is 2.69. The summed E-state index contributed by atoms with van der Waals surface area (Å²) in [5.41, 5.74) is 1.02. The van der Waals surface area contributed by atoms with Crippen LogP contribution in [0.4, 0.5) is 10.1 Å². The maximum absolute atomic E-state index is 13.0. The van der Waals surface area contributed by atoms with Gasteiger partial charge in [0.15, 0.2) is 0 Å². The largest absolute Gasteiger partial charge is 0.473 e. The van der Waals surface area contributed by atoms with Crippen molar-refractivity contribution in [2.24, 2.45) is 0 Å². The summed E-state index contributed by atoms with van der Waals surface area (Å²) in [4.78, 5) is 18.3. The number of aliphatic carboxylic acids is 2. The quantitative estimate of drug-likeness (QED) is 0.548. The Labute approximate surface area is 181 Å². The highest BCUT2D eigenvalue weighted by Crippen LogP contribution is 2.24. The molecule has 2 aromatic carbocycles. The van der Waals surface area contributed by atoms with E-state index in [2.05, 4.69) is 21.2 Å². The molecule has 0 atom stereocenters. The van der Waals surface area contributed by atoms with Gasteiger partial charge >= 0.3 is 11.9 Å². The maximum atomic E-state index is 13.0. The number of hydrogen-bond acceptors (Lipinski definition) is 5. The molecular formula is C19H20BrFN2O6S. The topological polar surface area (TPSA) is 124 Å². The lowest BCUT2D eigenvalue weighted by Crippen LogP contribution is -2.42. The third-order valence-electron chi connectivity index (χ3n) is 4.28. The summed E-state index contributed by atoms with van der Waals surface area (Å²) in [5, 5.41) is 18.2. The first-order valence-electron chi connectivity index (χ1n) is 8.83. The summed E-state index contributed by atoms with van der Waals surface area (Å²) >= 11 is 3.44. The molecule has 3 N–H and O–H groups in total. The van der Waals surface area contributed by atoms with E-state index in [-0.39, 0.29) is 10.9 Å². The number of carbonyl (C=O) groups is 2. The van der Waals surface area contributed by atoms with Gasteiger partial charge < -0.3 is 15.5 Å². The molecule has 0 aliphatic carbocycles. The Bertz CT molecular complexity index is 980. The number of benzene rings is 2. The molecule has 11 heteroatoms. The summed E-state index contributed by atoms with van der Waals surface area (Å²) in [5.74, 6) is -4.09. The zero-order valence-corrected chi connectivity index (χ0v) is 18.1. The van der Waals surface area contributed by atoms with Crippen molar-refractivity contribution in [3.63, 3.8) is 0 Å². The molecule has 0 unspecified atom stereocenters. The van der Waals surface area contributed by atoms with Gasteiger partial charge in [-0.05, 0) is 55.3 Å². The lowest BCUT2D eigenvalue weighted by Gasteiger charge is -2.32. The molecular weight excluding hydrogens is 483 g/mol. The standard InChI is InChI=1S/C17H18BrFN2O2S.C2H2O4/c18-13-2-1-3-16(12-13)20-15-8-10-21(11-9-15)24(22,23)17-6-4-14(19)5-7-17;3-1(4)2(5)6/h1-7,12,15,20H,8-11H2;(H,3,4)(H,5,6).